The number of rotatable bonds is 3. The number of hydrogen-bond acceptors (Lipinski definition) is 1. The van der Waals surface area contributed by atoms with E-state index in [1.165, 1.54) is 5.56 Å². The lowest BCUT2D eigenvalue weighted by Gasteiger charge is -2.04. The maximum absolute atomic E-state index is 5.86. The predicted octanol–water partition coefficient (Wildman–Crippen LogP) is 3.28. The summed E-state index contributed by atoms with van der Waals surface area (Å²) in [6.45, 7) is 0.809. The Kier molecular flexibility index (Phi) is 2.75. The summed E-state index contributed by atoms with van der Waals surface area (Å²) in [7, 11) is 0. The second kappa shape index (κ2) is 4.20. The number of anilines is 1. The van der Waals surface area contributed by atoms with Crippen molar-refractivity contribution in [3.05, 3.63) is 53.3 Å². The molecule has 3 heteroatoms. The first-order chi connectivity index (χ1) is 6.84. The molecule has 1 aromatic heterocycles. The van der Waals surface area contributed by atoms with Gasteiger partial charge in [-0.2, -0.15) is 0 Å². The highest BCUT2D eigenvalue weighted by Crippen LogP contribution is 2.15. The van der Waals surface area contributed by atoms with Gasteiger partial charge in [-0.15, -0.1) is 0 Å². The van der Waals surface area contributed by atoms with Crippen LogP contribution in [0.4, 0.5) is 5.69 Å². The standard InChI is InChI=1S/C11H11ClN2/c12-10-2-1-3-11(6-10)14-8-9-4-5-13-7-9/h1-7,13-14H,8H2. The summed E-state index contributed by atoms with van der Waals surface area (Å²) in [4.78, 5) is 3.01. The second-order valence-corrected chi connectivity index (χ2v) is 3.52. The van der Waals surface area contributed by atoms with Gasteiger partial charge in [0.1, 0.15) is 0 Å². The van der Waals surface area contributed by atoms with Gasteiger partial charge in [-0.3, -0.25) is 0 Å². The van der Waals surface area contributed by atoms with Gasteiger partial charge in [-0.05, 0) is 29.8 Å². The molecule has 14 heavy (non-hydrogen) atoms. The fraction of sp³-hybridized carbons (Fsp3) is 0.0909. The van der Waals surface area contributed by atoms with Crippen LogP contribution in [0.1, 0.15) is 5.56 Å². The normalized spacial score (nSPS) is 10.1. The lowest BCUT2D eigenvalue weighted by Crippen LogP contribution is -1.97. The second-order valence-electron chi connectivity index (χ2n) is 3.08. The third-order valence-corrected chi connectivity index (χ3v) is 2.22. The molecule has 2 nitrogen and oxygen atoms in total. The van der Waals surface area contributed by atoms with Gasteiger partial charge in [-0.1, -0.05) is 17.7 Å². The minimum absolute atomic E-state index is 0.754. The van der Waals surface area contributed by atoms with Crippen LogP contribution in [0.25, 0.3) is 0 Å². The van der Waals surface area contributed by atoms with Crippen LogP contribution in [-0.4, -0.2) is 4.98 Å². The average molecular weight is 207 g/mol. The Labute approximate surface area is 87.9 Å². The largest absolute Gasteiger partial charge is 0.381 e. The lowest BCUT2D eigenvalue weighted by atomic mass is 10.3. The van der Waals surface area contributed by atoms with Crippen molar-refractivity contribution >= 4 is 17.3 Å². The van der Waals surface area contributed by atoms with E-state index in [0.29, 0.717) is 0 Å². The van der Waals surface area contributed by atoms with Gasteiger partial charge in [0, 0.05) is 29.6 Å². The summed E-state index contributed by atoms with van der Waals surface area (Å²) in [5.74, 6) is 0. The molecule has 0 amide bonds. The van der Waals surface area contributed by atoms with Gasteiger partial charge in [0.05, 0.1) is 0 Å². The maximum Gasteiger partial charge on any atom is 0.0426 e. The first kappa shape index (κ1) is 9.16. The zero-order valence-corrected chi connectivity index (χ0v) is 8.38. The first-order valence-electron chi connectivity index (χ1n) is 4.46. The van der Waals surface area contributed by atoms with Gasteiger partial charge in [0.2, 0.25) is 0 Å². The monoisotopic (exact) mass is 206 g/mol. The highest BCUT2D eigenvalue weighted by molar-refractivity contribution is 6.30. The van der Waals surface area contributed by atoms with Crippen LogP contribution in [0.3, 0.4) is 0 Å². The van der Waals surface area contributed by atoms with Crippen molar-refractivity contribution in [2.24, 2.45) is 0 Å². The number of H-pyrrole nitrogens is 1. The fourth-order valence-corrected chi connectivity index (χ4v) is 1.46. The molecular formula is C11H11ClN2. The molecule has 0 aliphatic heterocycles. The molecule has 0 spiro atoms. The summed E-state index contributed by atoms with van der Waals surface area (Å²) in [5, 5.41) is 4.04. The van der Waals surface area contributed by atoms with Gasteiger partial charge in [0.15, 0.2) is 0 Å². The molecular weight excluding hydrogens is 196 g/mol. The van der Waals surface area contributed by atoms with Gasteiger partial charge in [0.25, 0.3) is 0 Å². The summed E-state index contributed by atoms with van der Waals surface area (Å²) in [5.41, 5.74) is 2.27. The summed E-state index contributed by atoms with van der Waals surface area (Å²) < 4.78 is 0. The number of aromatic amines is 1. The molecule has 2 N–H and O–H groups in total. The third kappa shape index (κ3) is 2.30. The van der Waals surface area contributed by atoms with Crippen LogP contribution in [-0.2, 0) is 6.54 Å². The summed E-state index contributed by atoms with van der Waals surface area (Å²) >= 11 is 5.86. The Bertz CT molecular complexity index is 395. The van der Waals surface area contributed by atoms with Crippen molar-refractivity contribution in [2.75, 3.05) is 5.32 Å². The SMILES string of the molecule is Clc1cccc(NCc2cc[nH]c2)c1. The third-order valence-electron chi connectivity index (χ3n) is 1.98. The van der Waals surface area contributed by atoms with Crippen LogP contribution in [0.2, 0.25) is 5.02 Å². The molecule has 0 atom stereocenters. The molecule has 0 radical (unpaired) electrons. The maximum atomic E-state index is 5.86. The van der Waals surface area contributed by atoms with Gasteiger partial charge < -0.3 is 10.3 Å². The van der Waals surface area contributed by atoms with E-state index in [1.807, 2.05) is 42.7 Å². The summed E-state index contributed by atoms with van der Waals surface area (Å²) in [6.07, 6.45) is 3.88. The van der Waals surface area contributed by atoms with E-state index < -0.39 is 0 Å². The Morgan fingerprint density at radius 3 is 2.93 bits per heavy atom. The minimum Gasteiger partial charge on any atom is -0.381 e. The number of halogens is 1. The Hall–Kier alpha value is -1.41. The zero-order chi connectivity index (χ0) is 9.80. The molecule has 0 fully saturated rings. The van der Waals surface area contributed by atoms with Gasteiger partial charge in [-0.25, -0.2) is 0 Å². The Morgan fingerprint density at radius 2 is 2.21 bits per heavy atom. The van der Waals surface area contributed by atoms with Gasteiger partial charge >= 0.3 is 0 Å². The molecule has 1 heterocycles. The van der Waals surface area contributed by atoms with E-state index in [2.05, 4.69) is 10.3 Å². The van der Waals surface area contributed by atoms with Crippen LogP contribution in [0.15, 0.2) is 42.7 Å². The Balaban J connectivity index is 1.98. The van der Waals surface area contributed by atoms with Crippen molar-refractivity contribution < 1.29 is 0 Å². The smallest absolute Gasteiger partial charge is 0.0426 e. The van der Waals surface area contributed by atoms with Crippen LogP contribution < -0.4 is 5.32 Å². The quantitative estimate of drug-likeness (QED) is 0.793. The van der Waals surface area contributed by atoms with Crippen LogP contribution in [0.5, 0.6) is 0 Å². The van der Waals surface area contributed by atoms with E-state index in [4.69, 9.17) is 11.6 Å². The molecule has 0 bridgehead atoms. The van der Waals surface area contributed by atoms with Crippen molar-refractivity contribution in [2.45, 2.75) is 6.54 Å². The van der Waals surface area contributed by atoms with E-state index in [-0.39, 0.29) is 0 Å². The van der Waals surface area contributed by atoms with Crippen molar-refractivity contribution in [1.29, 1.82) is 0 Å². The highest BCUT2D eigenvalue weighted by Gasteiger charge is 1.94. The molecule has 2 aromatic rings. The number of aromatic nitrogens is 1. The minimum atomic E-state index is 0.754. The van der Waals surface area contributed by atoms with E-state index in [0.717, 1.165) is 17.3 Å². The lowest BCUT2D eigenvalue weighted by molar-refractivity contribution is 1.15. The van der Waals surface area contributed by atoms with Crippen LogP contribution >= 0.6 is 11.6 Å². The fourth-order valence-electron chi connectivity index (χ4n) is 1.27. The molecule has 2 rings (SSSR count). The van der Waals surface area contributed by atoms with Crippen LogP contribution in [0, 0.1) is 0 Å². The Morgan fingerprint density at radius 1 is 1.29 bits per heavy atom. The molecule has 0 saturated carbocycles. The molecule has 72 valence electrons. The van der Waals surface area contributed by atoms with Crippen molar-refractivity contribution in [1.82, 2.24) is 4.98 Å². The van der Waals surface area contributed by atoms with Crippen molar-refractivity contribution in [3.63, 3.8) is 0 Å². The number of hydrogen-bond donors (Lipinski definition) is 2. The zero-order valence-electron chi connectivity index (χ0n) is 7.63. The van der Waals surface area contributed by atoms with E-state index >= 15 is 0 Å². The topological polar surface area (TPSA) is 27.8 Å². The number of nitrogens with one attached hydrogen (secondary N) is 2. The molecule has 1 aromatic carbocycles. The van der Waals surface area contributed by atoms with E-state index in [1.54, 1.807) is 0 Å². The highest BCUT2D eigenvalue weighted by atomic mass is 35.5. The number of benzene rings is 1. The average Bonchev–Trinajstić information content (AvgIpc) is 2.67. The molecule has 0 aliphatic carbocycles. The molecule has 0 saturated heterocycles. The van der Waals surface area contributed by atoms with Crippen molar-refractivity contribution in [3.8, 4) is 0 Å². The first-order valence-corrected chi connectivity index (χ1v) is 4.83. The summed E-state index contributed by atoms with van der Waals surface area (Å²) in [6, 6.07) is 9.75. The predicted molar refractivity (Wildman–Crippen MR) is 59.6 cm³/mol. The van der Waals surface area contributed by atoms with E-state index in [9.17, 15) is 0 Å². The molecule has 0 unspecified atom stereocenters. The molecule has 0 aliphatic rings.